The molecule has 2 bridgehead atoms. The number of likely N-dealkylation sites (tertiary alicyclic amines) is 1. The summed E-state index contributed by atoms with van der Waals surface area (Å²) in [6.07, 6.45) is 4.57. The number of nitrogens with zero attached hydrogens (tertiary/aromatic N) is 2. The van der Waals surface area contributed by atoms with Gasteiger partial charge in [-0.1, -0.05) is 0 Å². The molecule has 3 saturated heterocycles. The topological polar surface area (TPSA) is 40.6 Å². The van der Waals surface area contributed by atoms with Gasteiger partial charge < -0.3 is 9.80 Å². The van der Waals surface area contributed by atoms with Crippen molar-refractivity contribution in [1.82, 2.24) is 9.80 Å². The zero-order chi connectivity index (χ0) is 15.1. The maximum absolute atomic E-state index is 12.6. The molecule has 1 aromatic heterocycles. The summed E-state index contributed by atoms with van der Waals surface area (Å²) in [7, 11) is 0. The monoisotopic (exact) mass is 318 g/mol. The number of carbonyl (C=O) groups excluding carboxylic acids is 2. The fourth-order valence-electron chi connectivity index (χ4n) is 4.49. The van der Waals surface area contributed by atoms with Crippen LogP contribution in [0.15, 0.2) is 16.8 Å². The van der Waals surface area contributed by atoms with Crippen molar-refractivity contribution in [3.63, 3.8) is 0 Å². The van der Waals surface area contributed by atoms with E-state index in [-0.39, 0.29) is 5.91 Å². The Morgan fingerprint density at radius 2 is 2.23 bits per heavy atom. The largest absolute Gasteiger partial charge is 0.342 e. The molecule has 0 spiro atoms. The molecule has 4 nitrogen and oxygen atoms in total. The number of hydrogen-bond acceptors (Lipinski definition) is 3. The van der Waals surface area contributed by atoms with Crippen LogP contribution in [0.3, 0.4) is 0 Å². The average Bonchev–Trinajstić information content (AvgIpc) is 3.01. The van der Waals surface area contributed by atoms with Crippen molar-refractivity contribution in [2.24, 2.45) is 11.8 Å². The normalized spacial score (nSPS) is 31.1. The molecule has 3 aliphatic rings. The Labute approximate surface area is 135 Å². The Kier molecular flexibility index (Phi) is 3.68. The van der Waals surface area contributed by atoms with Crippen molar-refractivity contribution in [2.45, 2.75) is 38.1 Å². The van der Waals surface area contributed by atoms with E-state index in [1.165, 1.54) is 6.42 Å². The minimum Gasteiger partial charge on any atom is -0.342 e. The first kappa shape index (κ1) is 14.2. The first-order valence-electron chi connectivity index (χ1n) is 8.29. The van der Waals surface area contributed by atoms with E-state index >= 15 is 0 Å². The van der Waals surface area contributed by atoms with Crippen molar-refractivity contribution in [2.75, 3.05) is 19.6 Å². The smallest absolute Gasteiger partial charge is 0.227 e. The summed E-state index contributed by atoms with van der Waals surface area (Å²) in [5.41, 5.74) is 1.13. The van der Waals surface area contributed by atoms with E-state index < -0.39 is 0 Å². The van der Waals surface area contributed by atoms with Crippen LogP contribution in [0.4, 0.5) is 0 Å². The van der Waals surface area contributed by atoms with Crippen LogP contribution in [0, 0.1) is 11.8 Å². The molecule has 0 unspecified atom stereocenters. The lowest BCUT2D eigenvalue weighted by Crippen LogP contribution is -2.61. The number of fused-ring (bicyclic) bond motifs is 4. The fourth-order valence-corrected chi connectivity index (χ4v) is 5.16. The number of hydrogen-bond donors (Lipinski definition) is 0. The molecule has 3 fully saturated rings. The molecule has 3 atom stereocenters. The number of amides is 2. The predicted octanol–water partition coefficient (Wildman–Crippen LogP) is 2.15. The highest BCUT2D eigenvalue weighted by atomic mass is 32.1. The Morgan fingerprint density at radius 3 is 3.05 bits per heavy atom. The van der Waals surface area contributed by atoms with Gasteiger partial charge in [0.25, 0.3) is 0 Å². The van der Waals surface area contributed by atoms with Crippen LogP contribution in [0.1, 0.15) is 31.2 Å². The Morgan fingerprint density at radius 1 is 1.32 bits per heavy atom. The van der Waals surface area contributed by atoms with Gasteiger partial charge in [0.05, 0.1) is 6.42 Å². The lowest BCUT2D eigenvalue weighted by Gasteiger charge is -2.52. The van der Waals surface area contributed by atoms with E-state index in [1.54, 1.807) is 11.3 Å². The molecule has 2 amide bonds. The Hall–Kier alpha value is -1.36. The molecule has 0 saturated carbocycles. The number of thiophene rings is 1. The molecule has 5 heteroatoms. The predicted molar refractivity (Wildman–Crippen MR) is 85.6 cm³/mol. The third-order valence-corrected chi connectivity index (χ3v) is 6.20. The molecule has 0 N–H and O–H groups in total. The standard InChI is InChI=1S/C17H22N2O2S/c20-16-3-1-2-15-14-6-13(9-19(15)16)8-18(10-14)17(21)7-12-4-5-22-11-12/h4-5,11,13-15H,1-3,6-10H2/t13-,14-,15-/m1/s1. The van der Waals surface area contributed by atoms with Crippen LogP contribution in [0.25, 0.3) is 0 Å². The number of piperidine rings is 3. The molecule has 0 radical (unpaired) electrons. The zero-order valence-electron chi connectivity index (χ0n) is 12.7. The highest BCUT2D eigenvalue weighted by Crippen LogP contribution is 2.38. The second kappa shape index (κ2) is 5.69. The Bertz CT molecular complexity index is 571. The Balaban J connectivity index is 1.46. The molecule has 4 heterocycles. The van der Waals surface area contributed by atoms with E-state index in [4.69, 9.17) is 0 Å². The minimum atomic E-state index is 0.253. The van der Waals surface area contributed by atoms with E-state index in [1.807, 2.05) is 11.4 Å². The first-order valence-corrected chi connectivity index (χ1v) is 9.23. The molecule has 22 heavy (non-hydrogen) atoms. The van der Waals surface area contributed by atoms with Crippen molar-refractivity contribution in [1.29, 1.82) is 0 Å². The van der Waals surface area contributed by atoms with Crippen LogP contribution < -0.4 is 0 Å². The zero-order valence-corrected chi connectivity index (χ0v) is 13.6. The average molecular weight is 318 g/mol. The summed E-state index contributed by atoms with van der Waals surface area (Å²) in [6.45, 7) is 2.53. The van der Waals surface area contributed by atoms with Gasteiger partial charge in [0, 0.05) is 32.1 Å². The van der Waals surface area contributed by atoms with Gasteiger partial charge in [-0.25, -0.2) is 0 Å². The molecule has 4 rings (SSSR count). The maximum Gasteiger partial charge on any atom is 0.227 e. The summed E-state index contributed by atoms with van der Waals surface area (Å²) >= 11 is 1.65. The van der Waals surface area contributed by atoms with Gasteiger partial charge >= 0.3 is 0 Å². The minimum absolute atomic E-state index is 0.253. The SMILES string of the molecule is O=C(Cc1ccsc1)N1C[C@H]2C[C@H](C1)[C@H]1CCCC(=O)N1C2. The summed E-state index contributed by atoms with van der Waals surface area (Å²) < 4.78 is 0. The van der Waals surface area contributed by atoms with Crippen molar-refractivity contribution in [3.05, 3.63) is 22.4 Å². The highest BCUT2D eigenvalue weighted by molar-refractivity contribution is 7.07. The van der Waals surface area contributed by atoms with E-state index in [0.717, 1.165) is 44.5 Å². The van der Waals surface area contributed by atoms with Gasteiger partial charge in [0.1, 0.15) is 0 Å². The molecule has 118 valence electrons. The first-order chi connectivity index (χ1) is 10.7. The molecule has 1 aromatic rings. The second-order valence-corrected chi connectivity index (χ2v) is 7.75. The van der Waals surface area contributed by atoms with Gasteiger partial charge in [-0.3, -0.25) is 9.59 Å². The number of rotatable bonds is 2. The fraction of sp³-hybridized carbons (Fsp3) is 0.647. The van der Waals surface area contributed by atoms with Crippen molar-refractivity contribution < 1.29 is 9.59 Å². The molecule has 0 aromatic carbocycles. The summed E-state index contributed by atoms with van der Waals surface area (Å²) in [5.74, 6) is 1.55. The van der Waals surface area contributed by atoms with Crippen LogP contribution in [0.2, 0.25) is 0 Å². The molecule has 0 aliphatic carbocycles. The van der Waals surface area contributed by atoms with Gasteiger partial charge in [-0.15, -0.1) is 0 Å². The molecular formula is C17H22N2O2S. The van der Waals surface area contributed by atoms with E-state index in [0.29, 0.717) is 30.2 Å². The van der Waals surface area contributed by atoms with Crippen LogP contribution in [0.5, 0.6) is 0 Å². The number of carbonyl (C=O) groups is 2. The molecule has 3 aliphatic heterocycles. The van der Waals surface area contributed by atoms with Crippen LogP contribution in [-0.2, 0) is 16.0 Å². The lowest BCUT2D eigenvalue weighted by molar-refractivity contribution is -0.148. The van der Waals surface area contributed by atoms with Crippen LogP contribution in [-0.4, -0.2) is 47.3 Å². The summed E-state index contributed by atoms with van der Waals surface area (Å²) in [5, 5.41) is 4.09. The quantitative estimate of drug-likeness (QED) is 0.838. The third-order valence-electron chi connectivity index (χ3n) is 5.47. The van der Waals surface area contributed by atoms with Gasteiger partial charge in [0.15, 0.2) is 0 Å². The van der Waals surface area contributed by atoms with E-state index in [9.17, 15) is 9.59 Å². The highest BCUT2D eigenvalue weighted by Gasteiger charge is 2.44. The van der Waals surface area contributed by atoms with Crippen LogP contribution >= 0.6 is 11.3 Å². The van der Waals surface area contributed by atoms with E-state index in [2.05, 4.69) is 15.2 Å². The molecular weight excluding hydrogens is 296 g/mol. The third kappa shape index (κ3) is 2.56. The van der Waals surface area contributed by atoms with Gasteiger partial charge in [-0.05, 0) is 53.5 Å². The summed E-state index contributed by atoms with van der Waals surface area (Å²) in [4.78, 5) is 28.9. The second-order valence-electron chi connectivity index (χ2n) is 6.97. The van der Waals surface area contributed by atoms with Crippen molar-refractivity contribution in [3.8, 4) is 0 Å². The maximum atomic E-state index is 12.6. The van der Waals surface area contributed by atoms with Gasteiger partial charge in [-0.2, -0.15) is 11.3 Å². The van der Waals surface area contributed by atoms with Crippen molar-refractivity contribution >= 4 is 23.2 Å². The summed E-state index contributed by atoms with van der Waals surface area (Å²) in [6, 6.07) is 2.42. The van der Waals surface area contributed by atoms with Gasteiger partial charge in [0.2, 0.25) is 11.8 Å². The lowest BCUT2D eigenvalue weighted by atomic mass is 9.76.